The van der Waals surface area contributed by atoms with Crippen LogP contribution in [0.4, 0.5) is 0 Å². The van der Waals surface area contributed by atoms with Crippen molar-refractivity contribution < 1.29 is 4.42 Å². The quantitative estimate of drug-likeness (QED) is 0.817. The Morgan fingerprint density at radius 1 is 1.25 bits per heavy atom. The molecule has 1 atom stereocenters. The fourth-order valence-electron chi connectivity index (χ4n) is 2.27. The van der Waals surface area contributed by atoms with Gasteiger partial charge in [-0.3, -0.25) is 4.90 Å². The van der Waals surface area contributed by atoms with Crippen LogP contribution in [0, 0.1) is 5.92 Å². The molecule has 1 N–H and O–H groups in total. The van der Waals surface area contributed by atoms with Crippen molar-refractivity contribution in [2.24, 2.45) is 5.92 Å². The molecule has 116 valence electrons. The molecule has 1 unspecified atom stereocenters. The molecule has 20 heavy (non-hydrogen) atoms. The first-order chi connectivity index (χ1) is 9.19. The SMILES string of the molecule is CC(C)CC(C)N(C)Cc1occc1CNC(C)(C)C. The third-order valence-electron chi connectivity index (χ3n) is 3.60. The van der Waals surface area contributed by atoms with E-state index < -0.39 is 0 Å². The maximum atomic E-state index is 5.67. The molecule has 0 aliphatic heterocycles. The van der Waals surface area contributed by atoms with E-state index in [0.717, 1.165) is 24.8 Å². The van der Waals surface area contributed by atoms with E-state index in [2.05, 4.69) is 64.9 Å². The molecule has 3 heteroatoms. The summed E-state index contributed by atoms with van der Waals surface area (Å²) in [5.41, 5.74) is 1.40. The molecule has 0 spiro atoms. The molecular weight excluding hydrogens is 248 g/mol. The van der Waals surface area contributed by atoms with Crippen LogP contribution in [-0.2, 0) is 13.1 Å². The maximum Gasteiger partial charge on any atom is 0.122 e. The van der Waals surface area contributed by atoms with Crippen LogP contribution in [0.1, 0.15) is 59.3 Å². The van der Waals surface area contributed by atoms with E-state index in [1.165, 1.54) is 12.0 Å². The van der Waals surface area contributed by atoms with Crippen molar-refractivity contribution in [3.05, 3.63) is 23.7 Å². The van der Waals surface area contributed by atoms with E-state index in [4.69, 9.17) is 4.42 Å². The van der Waals surface area contributed by atoms with Crippen molar-refractivity contribution in [1.29, 1.82) is 0 Å². The predicted octanol–water partition coefficient (Wildman–Crippen LogP) is 4.03. The minimum atomic E-state index is 0.130. The van der Waals surface area contributed by atoms with Gasteiger partial charge in [-0.2, -0.15) is 0 Å². The summed E-state index contributed by atoms with van der Waals surface area (Å²) >= 11 is 0. The fourth-order valence-corrected chi connectivity index (χ4v) is 2.27. The Bertz CT molecular complexity index is 390. The summed E-state index contributed by atoms with van der Waals surface area (Å²) in [6.07, 6.45) is 3.02. The molecule has 0 amide bonds. The first-order valence-corrected chi connectivity index (χ1v) is 7.69. The molecule has 0 fully saturated rings. The standard InChI is InChI=1S/C17H32N2O/c1-13(2)10-14(3)19(7)12-16-15(8-9-20-16)11-18-17(4,5)6/h8-9,13-14,18H,10-12H2,1-7H3. The molecule has 0 aliphatic carbocycles. The molecule has 3 nitrogen and oxygen atoms in total. The van der Waals surface area contributed by atoms with Gasteiger partial charge < -0.3 is 9.73 Å². The molecule has 1 aromatic rings. The van der Waals surface area contributed by atoms with Gasteiger partial charge in [0.05, 0.1) is 12.8 Å². The number of rotatable bonds is 7. The van der Waals surface area contributed by atoms with E-state index in [1.807, 2.05) is 0 Å². The summed E-state index contributed by atoms with van der Waals surface area (Å²) in [4.78, 5) is 2.37. The van der Waals surface area contributed by atoms with E-state index in [9.17, 15) is 0 Å². The zero-order chi connectivity index (χ0) is 15.3. The lowest BCUT2D eigenvalue weighted by atomic mass is 10.0. The number of hydrogen-bond donors (Lipinski definition) is 1. The topological polar surface area (TPSA) is 28.4 Å². The van der Waals surface area contributed by atoms with Gasteiger partial charge in [-0.05, 0) is 53.1 Å². The molecule has 0 aromatic carbocycles. The van der Waals surface area contributed by atoms with Gasteiger partial charge in [0, 0.05) is 23.7 Å². The first-order valence-electron chi connectivity index (χ1n) is 7.69. The summed E-state index contributed by atoms with van der Waals surface area (Å²) in [5.74, 6) is 1.81. The van der Waals surface area contributed by atoms with Crippen LogP contribution in [0.15, 0.2) is 16.7 Å². The van der Waals surface area contributed by atoms with Crippen molar-refractivity contribution in [2.45, 2.75) is 72.6 Å². The molecular formula is C17H32N2O. The van der Waals surface area contributed by atoms with Gasteiger partial charge in [-0.25, -0.2) is 0 Å². The molecule has 0 radical (unpaired) electrons. The lowest BCUT2D eigenvalue weighted by Gasteiger charge is -2.26. The third kappa shape index (κ3) is 6.10. The van der Waals surface area contributed by atoms with Crippen molar-refractivity contribution in [2.75, 3.05) is 7.05 Å². The Balaban J connectivity index is 2.58. The number of nitrogens with zero attached hydrogens (tertiary/aromatic N) is 1. The van der Waals surface area contributed by atoms with Gasteiger partial charge >= 0.3 is 0 Å². The van der Waals surface area contributed by atoms with Crippen LogP contribution in [0.2, 0.25) is 0 Å². The summed E-state index contributed by atoms with van der Waals surface area (Å²) in [7, 11) is 2.18. The summed E-state index contributed by atoms with van der Waals surface area (Å²) in [6.45, 7) is 15.1. The summed E-state index contributed by atoms with van der Waals surface area (Å²) in [5, 5.41) is 3.52. The first kappa shape index (κ1) is 17.3. The minimum absolute atomic E-state index is 0.130. The normalized spacial score (nSPS) is 14.2. The average molecular weight is 280 g/mol. The molecule has 0 saturated heterocycles. The Morgan fingerprint density at radius 2 is 1.90 bits per heavy atom. The molecule has 0 aliphatic rings. The minimum Gasteiger partial charge on any atom is -0.468 e. The van der Waals surface area contributed by atoms with Gasteiger partial charge in [0.1, 0.15) is 5.76 Å². The van der Waals surface area contributed by atoms with E-state index in [-0.39, 0.29) is 5.54 Å². The van der Waals surface area contributed by atoms with Crippen LogP contribution in [-0.4, -0.2) is 23.5 Å². The van der Waals surface area contributed by atoms with E-state index in [1.54, 1.807) is 6.26 Å². The van der Waals surface area contributed by atoms with Gasteiger partial charge in [0.15, 0.2) is 0 Å². The van der Waals surface area contributed by atoms with Crippen LogP contribution >= 0.6 is 0 Å². The fraction of sp³-hybridized carbons (Fsp3) is 0.765. The van der Waals surface area contributed by atoms with Crippen molar-refractivity contribution in [3.63, 3.8) is 0 Å². The Morgan fingerprint density at radius 3 is 2.45 bits per heavy atom. The molecule has 0 saturated carbocycles. The average Bonchev–Trinajstić information content (AvgIpc) is 2.71. The lowest BCUT2D eigenvalue weighted by molar-refractivity contribution is 0.204. The van der Waals surface area contributed by atoms with Gasteiger partial charge in [0.25, 0.3) is 0 Å². The van der Waals surface area contributed by atoms with Crippen LogP contribution in [0.25, 0.3) is 0 Å². The van der Waals surface area contributed by atoms with Crippen molar-refractivity contribution >= 4 is 0 Å². The van der Waals surface area contributed by atoms with Crippen molar-refractivity contribution in [3.8, 4) is 0 Å². The van der Waals surface area contributed by atoms with Gasteiger partial charge in [-0.1, -0.05) is 13.8 Å². The second kappa shape index (κ2) is 7.28. The Hall–Kier alpha value is -0.800. The summed E-state index contributed by atoms with van der Waals surface area (Å²) < 4.78 is 5.67. The second-order valence-corrected chi connectivity index (χ2v) is 7.37. The third-order valence-corrected chi connectivity index (χ3v) is 3.60. The number of nitrogens with one attached hydrogen (secondary N) is 1. The smallest absolute Gasteiger partial charge is 0.122 e. The van der Waals surface area contributed by atoms with Crippen LogP contribution in [0.3, 0.4) is 0 Å². The van der Waals surface area contributed by atoms with E-state index in [0.29, 0.717) is 6.04 Å². The van der Waals surface area contributed by atoms with Gasteiger partial charge in [-0.15, -0.1) is 0 Å². The highest BCUT2D eigenvalue weighted by Crippen LogP contribution is 2.17. The highest BCUT2D eigenvalue weighted by Gasteiger charge is 2.16. The largest absolute Gasteiger partial charge is 0.468 e. The second-order valence-electron chi connectivity index (χ2n) is 7.37. The van der Waals surface area contributed by atoms with Gasteiger partial charge in [0.2, 0.25) is 0 Å². The molecule has 0 bridgehead atoms. The van der Waals surface area contributed by atoms with Crippen LogP contribution < -0.4 is 5.32 Å². The number of hydrogen-bond acceptors (Lipinski definition) is 3. The maximum absolute atomic E-state index is 5.67. The highest BCUT2D eigenvalue weighted by molar-refractivity contribution is 5.17. The van der Waals surface area contributed by atoms with Crippen molar-refractivity contribution in [1.82, 2.24) is 10.2 Å². The molecule has 1 rings (SSSR count). The zero-order valence-electron chi connectivity index (χ0n) is 14.3. The number of furan rings is 1. The monoisotopic (exact) mass is 280 g/mol. The Labute approximate surface area is 124 Å². The Kier molecular flexibility index (Phi) is 6.28. The molecule has 1 aromatic heterocycles. The highest BCUT2D eigenvalue weighted by atomic mass is 16.3. The van der Waals surface area contributed by atoms with E-state index >= 15 is 0 Å². The predicted molar refractivity (Wildman–Crippen MR) is 85.7 cm³/mol. The van der Waals surface area contributed by atoms with Crippen LogP contribution in [0.5, 0.6) is 0 Å². The zero-order valence-corrected chi connectivity index (χ0v) is 14.3. The molecule has 1 heterocycles. The lowest BCUT2D eigenvalue weighted by Crippen LogP contribution is -2.35. The summed E-state index contributed by atoms with van der Waals surface area (Å²) in [6, 6.07) is 2.65.